The van der Waals surface area contributed by atoms with Crippen molar-refractivity contribution in [3.05, 3.63) is 28.8 Å². The Hall–Kier alpha value is -1.13. The van der Waals surface area contributed by atoms with Crippen LogP contribution in [0.2, 0.25) is 5.02 Å². The van der Waals surface area contributed by atoms with Gasteiger partial charge in [0.15, 0.2) is 0 Å². The highest BCUT2D eigenvalue weighted by Gasteiger charge is 2.36. The van der Waals surface area contributed by atoms with Crippen molar-refractivity contribution in [2.24, 2.45) is 0 Å². The molecule has 7 heteroatoms. The molecule has 0 radical (unpaired) electrons. The first-order valence-electron chi connectivity index (χ1n) is 6.76. The molecule has 0 bridgehead atoms. The quantitative estimate of drug-likeness (QED) is 0.918. The van der Waals surface area contributed by atoms with E-state index in [0.29, 0.717) is 18.5 Å². The number of aliphatic hydroxyl groups excluding tert-OH is 1. The molecule has 0 amide bonds. The zero-order valence-corrected chi connectivity index (χ0v) is 13.2. The van der Waals surface area contributed by atoms with Gasteiger partial charge in [0.25, 0.3) is 0 Å². The summed E-state index contributed by atoms with van der Waals surface area (Å²) in [7, 11) is -3.71. The predicted octanol–water partition coefficient (Wildman–Crippen LogP) is 2.14. The minimum Gasteiger partial charge on any atom is -0.393 e. The second-order valence-corrected chi connectivity index (χ2v) is 7.52. The minimum absolute atomic E-state index is 0.0145. The van der Waals surface area contributed by atoms with E-state index in [0.717, 1.165) is 12.8 Å². The van der Waals surface area contributed by atoms with Crippen molar-refractivity contribution >= 4 is 21.6 Å². The molecule has 1 N–H and O–H groups in total. The summed E-state index contributed by atoms with van der Waals surface area (Å²) in [6.07, 6.45) is 1.36. The molecular weight excluding hydrogens is 312 g/mol. The largest absolute Gasteiger partial charge is 0.393 e. The van der Waals surface area contributed by atoms with Gasteiger partial charge in [0.2, 0.25) is 10.0 Å². The summed E-state index contributed by atoms with van der Waals surface area (Å²) >= 11 is 6.02. The second kappa shape index (κ2) is 6.32. The fraction of sp³-hybridized carbons (Fsp3) is 0.500. The van der Waals surface area contributed by atoms with Gasteiger partial charge in [-0.1, -0.05) is 11.6 Å². The van der Waals surface area contributed by atoms with E-state index >= 15 is 0 Å². The monoisotopic (exact) mass is 328 g/mol. The maximum absolute atomic E-state index is 12.7. The zero-order valence-electron chi connectivity index (χ0n) is 11.7. The van der Waals surface area contributed by atoms with Crippen molar-refractivity contribution in [3.8, 4) is 6.07 Å². The summed E-state index contributed by atoms with van der Waals surface area (Å²) in [5, 5.41) is 18.4. The van der Waals surface area contributed by atoms with Gasteiger partial charge < -0.3 is 5.11 Å². The third-order valence-corrected chi connectivity index (χ3v) is 6.02. The molecule has 1 aromatic carbocycles. The Bertz CT molecular complexity index is 667. The summed E-state index contributed by atoms with van der Waals surface area (Å²) in [4.78, 5) is 0.0145. The van der Waals surface area contributed by atoms with Crippen LogP contribution in [0.1, 0.15) is 31.7 Å². The summed E-state index contributed by atoms with van der Waals surface area (Å²) in [6, 6.07) is 5.89. The van der Waals surface area contributed by atoms with Crippen molar-refractivity contribution in [2.45, 2.75) is 43.2 Å². The molecular formula is C14H17ClN2O3S. The molecule has 0 aliphatic carbocycles. The standard InChI is InChI=1S/C14H17ClN2O3S/c1-10(18)7-12-3-2-6-17(12)21(19,20)14-5-4-11(9-16)8-13(14)15/h4-5,8,10,12,18H,2-3,6-7H2,1H3. The fourth-order valence-corrected chi connectivity index (χ4v) is 4.89. The van der Waals surface area contributed by atoms with Crippen LogP contribution in [0.3, 0.4) is 0 Å². The molecule has 1 saturated heterocycles. The van der Waals surface area contributed by atoms with Crippen molar-refractivity contribution < 1.29 is 13.5 Å². The van der Waals surface area contributed by atoms with E-state index in [-0.39, 0.29) is 16.0 Å². The van der Waals surface area contributed by atoms with Crippen LogP contribution in [0.15, 0.2) is 23.1 Å². The molecule has 1 aromatic rings. The Morgan fingerprint density at radius 2 is 2.29 bits per heavy atom. The first-order valence-corrected chi connectivity index (χ1v) is 8.57. The van der Waals surface area contributed by atoms with Gasteiger partial charge in [-0.15, -0.1) is 0 Å². The Balaban J connectivity index is 2.36. The van der Waals surface area contributed by atoms with Crippen LogP contribution in [-0.4, -0.2) is 36.5 Å². The number of sulfonamides is 1. The van der Waals surface area contributed by atoms with Gasteiger partial charge in [0.05, 0.1) is 22.8 Å². The van der Waals surface area contributed by atoms with E-state index in [4.69, 9.17) is 16.9 Å². The van der Waals surface area contributed by atoms with Gasteiger partial charge in [-0.3, -0.25) is 0 Å². The molecule has 114 valence electrons. The number of hydrogen-bond donors (Lipinski definition) is 1. The SMILES string of the molecule is CC(O)CC1CCCN1S(=O)(=O)c1ccc(C#N)cc1Cl. The van der Waals surface area contributed by atoms with Crippen LogP contribution in [-0.2, 0) is 10.0 Å². The normalized spacial score (nSPS) is 21.1. The number of nitrogens with zero attached hydrogens (tertiary/aromatic N) is 2. The predicted molar refractivity (Wildman–Crippen MR) is 79.4 cm³/mol. The lowest BCUT2D eigenvalue weighted by Crippen LogP contribution is -2.37. The van der Waals surface area contributed by atoms with Crippen molar-refractivity contribution in [1.82, 2.24) is 4.31 Å². The van der Waals surface area contributed by atoms with E-state index in [2.05, 4.69) is 0 Å². The molecule has 1 aliphatic rings. The highest BCUT2D eigenvalue weighted by molar-refractivity contribution is 7.89. The number of benzene rings is 1. The zero-order chi connectivity index (χ0) is 15.6. The van der Waals surface area contributed by atoms with Crippen LogP contribution in [0.25, 0.3) is 0 Å². The van der Waals surface area contributed by atoms with E-state index in [9.17, 15) is 13.5 Å². The molecule has 21 heavy (non-hydrogen) atoms. The third-order valence-electron chi connectivity index (χ3n) is 3.58. The third kappa shape index (κ3) is 3.38. The van der Waals surface area contributed by atoms with Crippen molar-refractivity contribution in [2.75, 3.05) is 6.54 Å². The molecule has 2 unspecified atom stereocenters. The number of halogens is 1. The van der Waals surface area contributed by atoms with Crippen LogP contribution in [0.4, 0.5) is 0 Å². The maximum atomic E-state index is 12.7. The summed E-state index contributed by atoms with van der Waals surface area (Å²) in [5.41, 5.74) is 0.320. The first-order chi connectivity index (χ1) is 9.86. The molecule has 1 heterocycles. The lowest BCUT2D eigenvalue weighted by Gasteiger charge is -2.25. The Labute approximate surface area is 129 Å². The Morgan fingerprint density at radius 1 is 1.57 bits per heavy atom. The molecule has 0 saturated carbocycles. The van der Waals surface area contributed by atoms with Crippen LogP contribution >= 0.6 is 11.6 Å². The minimum atomic E-state index is -3.71. The number of hydrogen-bond acceptors (Lipinski definition) is 4. The summed E-state index contributed by atoms with van der Waals surface area (Å²) < 4.78 is 26.9. The molecule has 2 rings (SSSR count). The second-order valence-electron chi connectivity index (χ2n) is 5.25. The molecule has 0 aromatic heterocycles. The van der Waals surface area contributed by atoms with E-state index in [1.54, 1.807) is 6.92 Å². The van der Waals surface area contributed by atoms with Gasteiger partial charge in [-0.05, 0) is 44.4 Å². The summed E-state index contributed by atoms with van der Waals surface area (Å²) in [6.45, 7) is 2.08. The molecule has 1 fully saturated rings. The van der Waals surface area contributed by atoms with Crippen molar-refractivity contribution in [3.63, 3.8) is 0 Å². The number of aliphatic hydroxyl groups is 1. The maximum Gasteiger partial charge on any atom is 0.244 e. The number of rotatable bonds is 4. The Kier molecular flexibility index (Phi) is 4.89. The van der Waals surface area contributed by atoms with Crippen molar-refractivity contribution in [1.29, 1.82) is 5.26 Å². The average Bonchev–Trinajstić information content (AvgIpc) is 2.86. The lowest BCUT2D eigenvalue weighted by molar-refractivity contribution is 0.158. The topological polar surface area (TPSA) is 81.4 Å². The average molecular weight is 329 g/mol. The van der Waals surface area contributed by atoms with E-state index in [1.165, 1.54) is 22.5 Å². The molecule has 1 aliphatic heterocycles. The van der Waals surface area contributed by atoms with Crippen LogP contribution in [0, 0.1) is 11.3 Å². The fourth-order valence-electron chi connectivity index (χ4n) is 2.66. The highest BCUT2D eigenvalue weighted by Crippen LogP contribution is 2.32. The Morgan fingerprint density at radius 3 is 2.86 bits per heavy atom. The number of nitriles is 1. The van der Waals surface area contributed by atoms with E-state index in [1.807, 2.05) is 6.07 Å². The van der Waals surface area contributed by atoms with Gasteiger partial charge in [0, 0.05) is 12.6 Å². The van der Waals surface area contributed by atoms with Gasteiger partial charge in [-0.25, -0.2) is 8.42 Å². The molecule has 2 atom stereocenters. The first kappa shape index (κ1) is 16.2. The van der Waals surface area contributed by atoms with Crippen LogP contribution < -0.4 is 0 Å². The van der Waals surface area contributed by atoms with Gasteiger partial charge in [-0.2, -0.15) is 9.57 Å². The molecule has 5 nitrogen and oxygen atoms in total. The smallest absolute Gasteiger partial charge is 0.244 e. The van der Waals surface area contributed by atoms with Crippen LogP contribution in [0.5, 0.6) is 0 Å². The van der Waals surface area contributed by atoms with E-state index < -0.39 is 16.1 Å². The lowest BCUT2D eigenvalue weighted by atomic mass is 10.1. The molecule has 0 spiro atoms. The van der Waals surface area contributed by atoms with Gasteiger partial charge >= 0.3 is 0 Å². The highest BCUT2D eigenvalue weighted by atomic mass is 35.5. The summed E-state index contributed by atoms with van der Waals surface area (Å²) in [5.74, 6) is 0. The van der Waals surface area contributed by atoms with Gasteiger partial charge in [0.1, 0.15) is 4.90 Å².